The predicted molar refractivity (Wildman–Crippen MR) is 65.5 cm³/mol. The largest absolute Gasteiger partial charge is 0.492 e. The molecule has 0 aromatic carbocycles. The number of methoxy groups -OCH3 is 2. The minimum Gasteiger partial charge on any atom is -0.492 e. The van der Waals surface area contributed by atoms with Crippen LogP contribution in [0.4, 0.5) is 0 Å². The van der Waals surface area contributed by atoms with Crippen LogP contribution in [0.2, 0.25) is 0 Å². The summed E-state index contributed by atoms with van der Waals surface area (Å²) >= 11 is 0. The van der Waals surface area contributed by atoms with Crippen molar-refractivity contribution >= 4 is 11.9 Å². The van der Waals surface area contributed by atoms with Crippen molar-refractivity contribution in [3.8, 4) is 0 Å². The Morgan fingerprint density at radius 1 is 1.11 bits per heavy atom. The number of esters is 2. The Morgan fingerprint density at radius 2 is 1.61 bits per heavy atom. The molecule has 0 aromatic heterocycles. The Kier molecular flexibility index (Phi) is 7.26. The molecule has 0 aliphatic carbocycles. The molecule has 6 nitrogen and oxygen atoms in total. The third kappa shape index (κ3) is 5.38. The summed E-state index contributed by atoms with van der Waals surface area (Å²) in [4.78, 5) is 24.6. The van der Waals surface area contributed by atoms with Crippen LogP contribution in [-0.2, 0) is 23.8 Å². The summed E-state index contributed by atoms with van der Waals surface area (Å²) in [5, 5.41) is 0. The van der Waals surface area contributed by atoms with Gasteiger partial charge < -0.3 is 19.1 Å². The van der Waals surface area contributed by atoms with Gasteiger partial charge in [-0.05, 0) is 6.92 Å². The summed E-state index contributed by atoms with van der Waals surface area (Å²) in [6.45, 7) is 2.21. The fraction of sp³-hybridized carbons (Fsp3) is 0.500. The molecule has 0 bridgehead atoms. The Balaban J connectivity index is 5.33. The topological polar surface area (TPSA) is 65.1 Å². The van der Waals surface area contributed by atoms with E-state index in [0.717, 1.165) is 0 Å². The number of carbonyl (C=O) groups is 2. The standard InChI is InChI=1S/C12H19NO5/c1-6-18-9(8-13(2)3)7-10(11(14)16-4)12(15)17-5/h7-8H,6H2,1-5H3/b9-8-. The normalized spacial score (nSPS) is 10.4. The average molecular weight is 257 g/mol. The highest BCUT2D eigenvalue weighted by Gasteiger charge is 2.20. The molecule has 0 atom stereocenters. The molecule has 0 saturated heterocycles. The van der Waals surface area contributed by atoms with Gasteiger partial charge in [0.15, 0.2) is 0 Å². The lowest BCUT2D eigenvalue weighted by molar-refractivity contribution is -0.144. The van der Waals surface area contributed by atoms with Crippen molar-refractivity contribution in [2.45, 2.75) is 6.92 Å². The molecular weight excluding hydrogens is 238 g/mol. The lowest BCUT2D eigenvalue weighted by atomic mass is 10.2. The van der Waals surface area contributed by atoms with Crippen molar-refractivity contribution in [2.24, 2.45) is 0 Å². The van der Waals surface area contributed by atoms with Crippen LogP contribution in [0, 0.1) is 0 Å². The molecule has 6 heteroatoms. The molecule has 0 aliphatic rings. The summed E-state index contributed by atoms with van der Waals surface area (Å²) in [6.07, 6.45) is 2.93. The molecule has 0 radical (unpaired) electrons. The van der Waals surface area contributed by atoms with Crippen LogP contribution in [0.5, 0.6) is 0 Å². The fourth-order valence-electron chi connectivity index (χ4n) is 1.10. The van der Waals surface area contributed by atoms with Crippen LogP contribution in [0.1, 0.15) is 6.92 Å². The van der Waals surface area contributed by atoms with E-state index in [0.29, 0.717) is 12.4 Å². The van der Waals surface area contributed by atoms with Gasteiger partial charge in [0.2, 0.25) is 0 Å². The first-order chi connectivity index (χ1) is 8.46. The van der Waals surface area contributed by atoms with Crippen LogP contribution < -0.4 is 0 Å². The minimum atomic E-state index is -0.772. The van der Waals surface area contributed by atoms with Crippen LogP contribution in [0.3, 0.4) is 0 Å². The minimum absolute atomic E-state index is 0.221. The third-order valence-electron chi connectivity index (χ3n) is 1.79. The van der Waals surface area contributed by atoms with E-state index in [1.807, 2.05) is 0 Å². The smallest absolute Gasteiger partial charge is 0.345 e. The third-order valence-corrected chi connectivity index (χ3v) is 1.79. The maximum Gasteiger partial charge on any atom is 0.345 e. The number of hydrogen-bond donors (Lipinski definition) is 0. The van der Waals surface area contributed by atoms with Crippen LogP contribution in [0.25, 0.3) is 0 Å². The van der Waals surface area contributed by atoms with Gasteiger partial charge in [-0.15, -0.1) is 0 Å². The molecule has 0 spiro atoms. The Hall–Kier alpha value is -1.98. The van der Waals surface area contributed by atoms with E-state index in [9.17, 15) is 9.59 Å². The summed E-state index contributed by atoms with van der Waals surface area (Å²) in [6, 6.07) is 0. The van der Waals surface area contributed by atoms with E-state index in [1.54, 1.807) is 32.1 Å². The molecule has 0 rings (SSSR count). The zero-order valence-corrected chi connectivity index (χ0v) is 11.4. The van der Waals surface area contributed by atoms with Crippen LogP contribution in [0.15, 0.2) is 23.6 Å². The summed E-state index contributed by atoms with van der Waals surface area (Å²) in [5.41, 5.74) is -0.221. The summed E-state index contributed by atoms with van der Waals surface area (Å²) < 4.78 is 14.3. The SMILES string of the molecule is CCO/C(C=C(C(=O)OC)C(=O)OC)=C\N(C)C. The second kappa shape index (κ2) is 8.16. The van der Waals surface area contributed by atoms with E-state index >= 15 is 0 Å². The van der Waals surface area contributed by atoms with Gasteiger partial charge in [-0.1, -0.05) is 0 Å². The highest BCUT2D eigenvalue weighted by molar-refractivity contribution is 6.14. The quantitative estimate of drug-likeness (QED) is 0.174. The molecule has 0 aliphatic heterocycles. The van der Waals surface area contributed by atoms with Crippen LogP contribution in [-0.4, -0.2) is 51.8 Å². The van der Waals surface area contributed by atoms with Gasteiger partial charge in [-0.3, -0.25) is 0 Å². The number of nitrogens with zero attached hydrogens (tertiary/aromatic N) is 1. The first-order valence-electron chi connectivity index (χ1n) is 5.35. The van der Waals surface area contributed by atoms with Gasteiger partial charge in [0, 0.05) is 26.4 Å². The summed E-state index contributed by atoms with van der Waals surface area (Å²) in [5.74, 6) is -1.18. The molecule has 0 heterocycles. The molecule has 102 valence electrons. The van der Waals surface area contributed by atoms with Gasteiger partial charge in [0.05, 0.1) is 20.8 Å². The molecule has 18 heavy (non-hydrogen) atoms. The second-order valence-corrected chi connectivity index (χ2v) is 3.47. The Bertz CT molecular complexity index is 339. The van der Waals surface area contributed by atoms with E-state index in [4.69, 9.17) is 4.74 Å². The number of hydrogen-bond acceptors (Lipinski definition) is 6. The Morgan fingerprint density at radius 3 is 1.94 bits per heavy atom. The highest BCUT2D eigenvalue weighted by atomic mass is 16.5. The lowest BCUT2D eigenvalue weighted by Crippen LogP contribution is -2.16. The number of rotatable bonds is 6. The van der Waals surface area contributed by atoms with Gasteiger partial charge >= 0.3 is 11.9 Å². The maximum absolute atomic E-state index is 11.5. The molecule has 0 amide bonds. The molecule has 0 saturated carbocycles. The van der Waals surface area contributed by atoms with Gasteiger partial charge in [0.1, 0.15) is 11.3 Å². The molecule has 0 unspecified atom stereocenters. The van der Waals surface area contributed by atoms with Crippen LogP contribution >= 0.6 is 0 Å². The number of allylic oxidation sites excluding steroid dienone is 1. The maximum atomic E-state index is 11.5. The second-order valence-electron chi connectivity index (χ2n) is 3.47. The molecule has 0 aromatic rings. The monoisotopic (exact) mass is 257 g/mol. The molecule has 0 fully saturated rings. The van der Waals surface area contributed by atoms with Gasteiger partial charge in [0.25, 0.3) is 0 Å². The summed E-state index contributed by atoms with van der Waals surface area (Å²) in [7, 11) is 5.97. The Labute approximate surface area is 107 Å². The van der Waals surface area contributed by atoms with Crippen molar-refractivity contribution in [1.82, 2.24) is 4.90 Å². The van der Waals surface area contributed by atoms with Crippen molar-refractivity contribution in [3.63, 3.8) is 0 Å². The zero-order valence-electron chi connectivity index (χ0n) is 11.4. The van der Waals surface area contributed by atoms with Crippen molar-refractivity contribution < 1.29 is 23.8 Å². The highest BCUT2D eigenvalue weighted by Crippen LogP contribution is 2.09. The molecule has 0 N–H and O–H groups in total. The van der Waals surface area contributed by atoms with E-state index in [-0.39, 0.29) is 5.57 Å². The predicted octanol–water partition coefficient (Wildman–Crippen LogP) is 0.698. The lowest BCUT2D eigenvalue weighted by Gasteiger charge is -2.10. The van der Waals surface area contributed by atoms with Gasteiger partial charge in [-0.25, -0.2) is 9.59 Å². The fourth-order valence-corrected chi connectivity index (χ4v) is 1.10. The van der Waals surface area contributed by atoms with Crippen molar-refractivity contribution in [2.75, 3.05) is 34.9 Å². The average Bonchev–Trinajstić information content (AvgIpc) is 2.33. The van der Waals surface area contributed by atoms with E-state index in [2.05, 4.69) is 9.47 Å². The first-order valence-corrected chi connectivity index (χ1v) is 5.35. The van der Waals surface area contributed by atoms with Crippen molar-refractivity contribution in [3.05, 3.63) is 23.6 Å². The number of ether oxygens (including phenoxy) is 3. The van der Waals surface area contributed by atoms with Crippen molar-refractivity contribution in [1.29, 1.82) is 0 Å². The first kappa shape index (κ1) is 16.0. The zero-order chi connectivity index (χ0) is 14.1. The molecular formula is C12H19NO5. The number of carbonyl (C=O) groups excluding carboxylic acids is 2. The van der Waals surface area contributed by atoms with E-state index in [1.165, 1.54) is 20.3 Å². The van der Waals surface area contributed by atoms with Gasteiger partial charge in [-0.2, -0.15) is 0 Å². The van der Waals surface area contributed by atoms with E-state index < -0.39 is 11.9 Å².